The Morgan fingerprint density at radius 2 is 1.06 bits per heavy atom. The Balaban J connectivity index is 1.83. The molecular formula is C26H18N4O2. The van der Waals surface area contributed by atoms with Crippen LogP contribution in [0.1, 0.15) is 0 Å². The van der Waals surface area contributed by atoms with Gasteiger partial charge in [0.25, 0.3) is 0 Å². The van der Waals surface area contributed by atoms with Gasteiger partial charge in [0.1, 0.15) is 0 Å². The van der Waals surface area contributed by atoms with Crippen LogP contribution in [0.4, 0.5) is 11.4 Å². The van der Waals surface area contributed by atoms with E-state index in [2.05, 4.69) is 9.97 Å². The van der Waals surface area contributed by atoms with E-state index in [0.29, 0.717) is 60.6 Å². The van der Waals surface area contributed by atoms with Gasteiger partial charge in [-0.2, -0.15) is 0 Å². The first-order valence-corrected chi connectivity index (χ1v) is 10.2. The van der Waals surface area contributed by atoms with Crippen molar-refractivity contribution in [3.8, 4) is 11.1 Å². The molecule has 6 heteroatoms. The summed E-state index contributed by atoms with van der Waals surface area (Å²) in [6, 6.07) is 21.8. The summed E-state index contributed by atoms with van der Waals surface area (Å²) in [4.78, 5) is 33.5. The molecule has 6 rings (SSSR count). The van der Waals surface area contributed by atoms with Crippen LogP contribution in [0.2, 0.25) is 0 Å². The smallest absolute Gasteiger partial charge is 0.199 e. The van der Waals surface area contributed by atoms with Crippen LogP contribution in [0.5, 0.6) is 0 Å². The van der Waals surface area contributed by atoms with Gasteiger partial charge in [-0.1, -0.05) is 36.4 Å². The second-order valence-corrected chi connectivity index (χ2v) is 7.90. The van der Waals surface area contributed by atoms with Gasteiger partial charge < -0.3 is 21.4 Å². The minimum Gasteiger partial charge on any atom is -0.398 e. The summed E-state index contributed by atoms with van der Waals surface area (Å²) < 4.78 is 0. The SMILES string of the molecule is Nc1ccc(-c2ccc(N)c3c(=O)c4ccccc4[nH]c23)c2c(=O)c3ccccc3[nH]c12. The maximum Gasteiger partial charge on any atom is 0.199 e. The number of anilines is 2. The first kappa shape index (κ1) is 18.2. The van der Waals surface area contributed by atoms with E-state index >= 15 is 0 Å². The lowest BCUT2D eigenvalue weighted by Gasteiger charge is -2.14. The second-order valence-electron chi connectivity index (χ2n) is 7.90. The summed E-state index contributed by atoms with van der Waals surface area (Å²) in [5.74, 6) is 0. The zero-order valence-electron chi connectivity index (χ0n) is 16.9. The van der Waals surface area contributed by atoms with Crippen molar-refractivity contribution in [2.75, 3.05) is 11.5 Å². The normalized spacial score (nSPS) is 11.6. The van der Waals surface area contributed by atoms with Crippen LogP contribution < -0.4 is 22.3 Å². The van der Waals surface area contributed by atoms with Crippen LogP contribution in [0, 0.1) is 0 Å². The van der Waals surface area contributed by atoms with Crippen molar-refractivity contribution >= 4 is 55.0 Å². The second kappa shape index (κ2) is 6.46. The quantitative estimate of drug-likeness (QED) is 0.232. The van der Waals surface area contributed by atoms with Crippen molar-refractivity contribution < 1.29 is 0 Å². The maximum absolute atomic E-state index is 13.5. The number of aromatic nitrogens is 2. The Kier molecular flexibility index (Phi) is 3.67. The first-order chi connectivity index (χ1) is 15.5. The number of hydrogen-bond donors (Lipinski definition) is 4. The maximum atomic E-state index is 13.5. The number of benzene rings is 4. The molecule has 6 nitrogen and oxygen atoms in total. The molecule has 0 fully saturated rings. The van der Waals surface area contributed by atoms with E-state index in [-0.39, 0.29) is 10.9 Å². The number of rotatable bonds is 1. The minimum atomic E-state index is -0.146. The Labute approximate surface area is 181 Å². The molecule has 0 aliphatic carbocycles. The molecule has 0 aliphatic rings. The molecule has 0 unspecified atom stereocenters. The number of nitrogens with two attached hydrogens (primary N) is 2. The summed E-state index contributed by atoms with van der Waals surface area (Å²) in [6.45, 7) is 0. The molecule has 0 saturated carbocycles. The zero-order chi connectivity index (χ0) is 22.0. The van der Waals surface area contributed by atoms with Gasteiger partial charge in [0.15, 0.2) is 10.9 Å². The number of pyridine rings is 2. The minimum absolute atomic E-state index is 0.121. The van der Waals surface area contributed by atoms with E-state index in [1.54, 1.807) is 24.3 Å². The fourth-order valence-electron chi connectivity index (χ4n) is 4.55. The highest BCUT2D eigenvalue weighted by Crippen LogP contribution is 2.35. The van der Waals surface area contributed by atoms with Gasteiger partial charge >= 0.3 is 0 Å². The van der Waals surface area contributed by atoms with Gasteiger partial charge in [0, 0.05) is 33.1 Å². The third-order valence-electron chi connectivity index (χ3n) is 6.08. The summed E-state index contributed by atoms with van der Waals surface area (Å²) >= 11 is 0. The number of aromatic amines is 2. The average molecular weight is 418 g/mol. The van der Waals surface area contributed by atoms with Gasteiger partial charge in [-0.15, -0.1) is 0 Å². The van der Waals surface area contributed by atoms with Crippen LogP contribution >= 0.6 is 0 Å². The van der Waals surface area contributed by atoms with E-state index in [0.717, 1.165) is 5.52 Å². The molecule has 0 bridgehead atoms. The molecule has 0 atom stereocenters. The summed E-state index contributed by atoms with van der Waals surface area (Å²) in [6.07, 6.45) is 0. The molecule has 0 radical (unpaired) electrons. The van der Waals surface area contributed by atoms with Gasteiger partial charge in [-0.05, 0) is 42.0 Å². The number of H-pyrrole nitrogens is 2. The van der Waals surface area contributed by atoms with Gasteiger partial charge in [0.2, 0.25) is 0 Å². The Morgan fingerprint density at radius 3 is 1.75 bits per heavy atom. The molecule has 6 N–H and O–H groups in total. The standard InChI is InChI=1S/C26H18N4O2/c27-17-11-10-14(23-22(17)26(32)16-6-2-3-7-19(16)29-23)13-9-12-18(28)24-21(13)25(31)15-5-1-4-8-20(15)30-24/h1-12H,27-28H2,(H,29,32)(H,30,31). The lowest BCUT2D eigenvalue weighted by molar-refractivity contribution is 1.46. The van der Waals surface area contributed by atoms with Crippen LogP contribution in [-0.2, 0) is 0 Å². The Morgan fingerprint density at radius 1 is 0.531 bits per heavy atom. The molecule has 32 heavy (non-hydrogen) atoms. The molecule has 154 valence electrons. The van der Waals surface area contributed by atoms with E-state index in [4.69, 9.17) is 11.5 Å². The number of nitrogens with one attached hydrogen (secondary N) is 2. The highest BCUT2D eigenvalue weighted by Gasteiger charge is 2.18. The topological polar surface area (TPSA) is 118 Å². The molecule has 2 heterocycles. The van der Waals surface area contributed by atoms with E-state index in [9.17, 15) is 9.59 Å². The summed E-state index contributed by atoms with van der Waals surface area (Å²) in [5.41, 5.74) is 17.0. The fourth-order valence-corrected chi connectivity index (χ4v) is 4.55. The van der Waals surface area contributed by atoms with Crippen molar-refractivity contribution in [1.29, 1.82) is 0 Å². The van der Waals surface area contributed by atoms with Crippen LogP contribution in [0.3, 0.4) is 0 Å². The van der Waals surface area contributed by atoms with Gasteiger partial charge in [-0.25, -0.2) is 0 Å². The van der Waals surface area contributed by atoms with Crippen LogP contribution in [0.15, 0.2) is 82.4 Å². The lowest BCUT2D eigenvalue weighted by Crippen LogP contribution is -2.09. The van der Waals surface area contributed by atoms with E-state index in [1.165, 1.54) is 0 Å². The number of hydrogen-bond acceptors (Lipinski definition) is 4. The predicted molar refractivity (Wildman–Crippen MR) is 132 cm³/mol. The average Bonchev–Trinajstić information content (AvgIpc) is 2.81. The summed E-state index contributed by atoms with van der Waals surface area (Å²) in [7, 11) is 0. The zero-order valence-corrected chi connectivity index (χ0v) is 16.9. The number of fused-ring (bicyclic) bond motifs is 4. The predicted octanol–water partition coefficient (Wildman–Crippen LogP) is 4.51. The molecular weight excluding hydrogens is 400 g/mol. The van der Waals surface area contributed by atoms with Crippen molar-refractivity contribution in [3.63, 3.8) is 0 Å². The lowest BCUT2D eigenvalue weighted by atomic mass is 9.95. The van der Waals surface area contributed by atoms with E-state index < -0.39 is 0 Å². The Bertz CT molecular complexity index is 1850. The van der Waals surface area contributed by atoms with Gasteiger partial charge in [0.05, 0.1) is 27.5 Å². The van der Waals surface area contributed by atoms with E-state index in [1.807, 2.05) is 48.5 Å². The number of para-hydroxylation sites is 2. The van der Waals surface area contributed by atoms with Crippen molar-refractivity contribution in [3.05, 3.63) is 93.2 Å². The third kappa shape index (κ3) is 2.40. The van der Waals surface area contributed by atoms with Gasteiger partial charge in [-0.3, -0.25) is 9.59 Å². The van der Waals surface area contributed by atoms with Crippen LogP contribution in [0.25, 0.3) is 54.7 Å². The molecule has 0 amide bonds. The van der Waals surface area contributed by atoms with Crippen molar-refractivity contribution in [2.24, 2.45) is 0 Å². The molecule has 6 aromatic rings. The van der Waals surface area contributed by atoms with Crippen LogP contribution in [-0.4, -0.2) is 9.97 Å². The molecule has 0 spiro atoms. The first-order valence-electron chi connectivity index (χ1n) is 10.2. The Hall–Kier alpha value is -4.58. The monoisotopic (exact) mass is 418 g/mol. The van der Waals surface area contributed by atoms with Crippen molar-refractivity contribution in [2.45, 2.75) is 0 Å². The largest absolute Gasteiger partial charge is 0.398 e. The molecule has 2 aromatic heterocycles. The molecule has 4 aromatic carbocycles. The summed E-state index contributed by atoms with van der Waals surface area (Å²) in [5, 5.41) is 2.02. The third-order valence-corrected chi connectivity index (χ3v) is 6.08. The van der Waals surface area contributed by atoms with Crippen molar-refractivity contribution in [1.82, 2.24) is 9.97 Å². The molecule has 0 aliphatic heterocycles. The molecule has 0 saturated heterocycles. The fraction of sp³-hybridized carbons (Fsp3) is 0. The highest BCUT2D eigenvalue weighted by molar-refractivity contribution is 6.12. The number of nitrogen functional groups attached to an aromatic ring is 2. The highest BCUT2D eigenvalue weighted by atomic mass is 16.1.